The molecular formula is C23H45N3O5. The number of ether oxygens (including phenoxy) is 2. The molecule has 0 bridgehead atoms. The quantitative estimate of drug-likeness (QED) is 0.350. The number of carbonyl (C=O) groups is 3. The summed E-state index contributed by atoms with van der Waals surface area (Å²) in [6.07, 6.45) is 2.50. The van der Waals surface area contributed by atoms with E-state index in [2.05, 4.69) is 10.6 Å². The Labute approximate surface area is 188 Å². The molecule has 31 heavy (non-hydrogen) atoms. The van der Waals surface area contributed by atoms with Crippen LogP contribution in [0.1, 0.15) is 94.4 Å². The molecule has 0 aliphatic rings. The summed E-state index contributed by atoms with van der Waals surface area (Å²) in [6, 6.07) is -1.52. The first kappa shape index (κ1) is 29.2. The second-order valence-electron chi connectivity index (χ2n) is 11.0. The van der Waals surface area contributed by atoms with Gasteiger partial charge in [-0.05, 0) is 79.2 Å². The molecule has 2 amide bonds. The maximum absolute atomic E-state index is 12.7. The van der Waals surface area contributed by atoms with Crippen LogP contribution in [0.25, 0.3) is 0 Å². The van der Waals surface area contributed by atoms with Crippen molar-refractivity contribution in [2.75, 3.05) is 6.54 Å². The highest BCUT2D eigenvalue weighted by Crippen LogP contribution is 2.24. The van der Waals surface area contributed by atoms with Crippen molar-refractivity contribution < 1.29 is 23.9 Å². The number of hydrogen-bond acceptors (Lipinski definition) is 6. The second kappa shape index (κ2) is 12.3. The van der Waals surface area contributed by atoms with Crippen LogP contribution in [0.2, 0.25) is 0 Å². The lowest BCUT2D eigenvalue weighted by atomic mass is 9.84. The number of nitrogens with two attached hydrogens (primary N) is 1. The van der Waals surface area contributed by atoms with Crippen molar-refractivity contribution in [2.45, 2.75) is 118 Å². The molecule has 0 unspecified atom stereocenters. The Hall–Kier alpha value is -1.83. The molecule has 0 heterocycles. The van der Waals surface area contributed by atoms with E-state index in [-0.39, 0.29) is 23.8 Å². The van der Waals surface area contributed by atoms with Crippen LogP contribution in [-0.2, 0) is 19.1 Å². The zero-order chi connectivity index (χ0) is 24.5. The molecule has 0 radical (unpaired) electrons. The minimum atomic E-state index is -0.766. The van der Waals surface area contributed by atoms with E-state index in [1.165, 1.54) is 0 Å². The summed E-state index contributed by atoms with van der Waals surface area (Å²) in [5.74, 6) is -0.780. The maximum Gasteiger partial charge on any atom is 0.329 e. The number of esters is 2. The fourth-order valence-electron chi connectivity index (χ4n) is 2.85. The topological polar surface area (TPSA) is 120 Å². The molecule has 182 valence electrons. The van der Waals surface area contributed by atoms with Crippen molar-refractivity contribution in [2.24, 2.45) is 11.1 Å². The van der Waals surface area contributed by atoms with Gasteiger partial charge in [-0.25, -0.2) is 9.59 Å². The summed E-state index contributed by atoms with van der Waals surface area (Å²) < 4.78 is 10.8. The van der Waals surface area contributed by atoms with E-state index >= 15 is 0 Å². The smallest absolute Gasteiger partial charge is 0.329 e. The molecule has 0 aromatic carbocycles. The highest BCUT2D eigenvalue weighted by Gasteiger charge is 2.30. The van der Waals surface area contributed by atoms with E-state index in [1.807, 2.05) is 41.5 Å². The van der Waals surface area contributed by atoms with Crippen LogP contribution in [0.3, 0.4) is 0 Å². The standard InChI is InChI=1S/C23H45N3O5/c1-21(2,3)17(13-14-18(27)30-22(4,5)6)26-20(29)25-16(12-10-11-15-24)19(28)31-23(7,8)9/h16-17H,10-15,24H2,1-9H3,(H2,25,26,29)/t16-,17-/m0/s1. The van der Waals surface area contributed by atoms with Gasteiger partial charge in [-0.2, -0.15) is 0 Å². The lowest BCUT2D eigenvalue weighted by molar-refractivity contribution is -0.157. The Kier molecular flexibility index (Phi) is 11.5. The van der Waals surface area contributed by atoms with Crippen LogP contribution < -0.4 is 16.4 Å². The summed E-state index contributed by atoms with van der Waals surface area (Å²) in [5, 5.41) is 5.67. The van der Waals surface area contributed by atoms with Crippen molar-refractivity contribution in [1.29, 1.82) is 0 Å². The number of hydrogen-bond donors (Lipinski definition) is 3. The SMILES string of the molecule is CC(C)(C)OC(=O)CC[C@H](NC(=O)N[C@@H](CCCCN)C(=O)OC(C)(C)C)C(C)(C)C. The van der Waals surface area contributed by atoms with E-state index in [1.54, 1.807) is 20.8 Å². The van der Waals surface area contributed by atoms with Crippen LogP contribution >= 0.6 is 0 Å². The Balaban J connectivity index is 5.09. The molecule has 4 N–H and O–H groups in total. The van der Waals surface area contributed by atoms with Crippen LogP contribution in [0.4, 0.5) is 4.79 Å². The molecule has 0 aromatic rings. The highest BCUT2D eigenvalue weighted by molar-refractivity contribution is 5.84. The molecular weight excluding hydrogens is 398 g/mol. The van der Waals surface area contributed by atoms with Crippen LogP contribution in [0, 0.1) is 5.41 Å². The zero-order valence-corrected chi connectivity index (χ0v) is 21.0. The molecule has 8 nitrogen and oxygen atoms in total. The number of unbranched alkanes of at least 4 members (excludes halogenated alkanes) is 1. The fourth-order valence-corrected chi connectivity index (χ4v) is 2.85. The van der Waals surface area contributed by atoms with Crippen LogP contribution in [-0.4, -0.2) is 47.8 Å². The third-order valence-corrected chi connectivity index (χ3v) is 4.35. The Morgan fingerprint density at radius 1 is 0.806 bits per heavy atom. The maximum atomic E-state index is 12.7. The average molecular weight is 444 g/mol. The largest absolute Gasteiger partial charge is 0.460 e. The van der Waals surface area contributed by atoms with Gasteiger partial charge in [0.25, 0.3) is 0 Å². The van der Waals surface area contributed by atoms with E-state index in [0.717, 1.165) is 6.42 Å². The third-order valence-electron chi connectivity index (χ3n) is 4.35. The number of carbonyl (C=O) groups excluding carboxylic acids is 3. The minimum absolute atomic E-state index is 0.186. The first-order chi connectivity index (χ1) is 13.9. The predicted octanol–water partition coefficient (Wildman–Crippen LogP) is 3.66. The molecule has 0 fully saturated rings. The molecule has 0 spiro atoms. The summed E-state index contributed by atoms with van der Waals surface area (Å²) in [4.78, 5) is 37.4. The summed E-state index contributed by atoms with van der Waals surface area (Å²) in [6.45, 7) is 17.3. The van der Waals surface area contributed by atoms with Crippen LogP contribution in [0.5, 0.6) is 0 Å². The van der Waals surface area contributed by atoms with Crippen molar-refractivity contribution in [3.05, 3.63) is 0 Å². The zero-order valence-electron chi connectivity index (χ0n) is 21.0. The van der Waals surface area contributed by atoms with Gasteiger partial charge in [-0.15, -0.1) is 0 Å². The van der Waals surface area contributed by atoms with Crippen molar-refractivity contribution in [3.8, 4) is 0 Å². The van der Waals surface area contributed by atoms with Gasteiger partial charge >= 0.3 is 18.0 Å². The molecule has 0 saturated heterocycles. The van der Waals surface area contributed by atoms with Crippen molar-refractivity contribution >= 4 is 18.0 Å². The molecule has 0 aromatic heterocycles. The van der Waals surface area contributed by atoms with Gasteiger partial charge in [0.15, 0.2) is 0 Å². The fraction of sp³-hybridized carbons (Fsp3) is 0.870. The summed E-state index contributed by atoms with van der Waals surface area (Å²) in [5.41, 5.74) is 4.06. The van der Waals surface area contributed by atoms with Gasteiger partial charge in [0.05, 0.1) is 0 Å². The van der Waals surface area contributed by atoms with Gasteiger partial charge in [0.1, 0.15) is 17.2 Å². The normalized spacial score (nSPS) is 14.4. The van der Waals surface area contributed by atoms with E-state index in [9.17, 15) is 14.4 Å². The minimum Gasteiger partial charge on any atom is -0.460 e. The van der Waals surface area contributed by atoms with E-state index in [0.29, 0.717) is 25.8 Å². The monoisotopic (exact) mass is 443 g/mol. The lowest BCUT2D eigenvalue weighted by Crippen LogP contribution is -2.53. The molecule has 0 rings (SSSR count). The predicted molar refractivity (Wildman–Crippen MR) is 123 cm³/mol. The number of rotatable bonds is 10. The van der Waals surface area contributed by atoms with Gasteiger partial charge in [-0.3, -0.25) is 4.79 Å². The van der Waals surface area contributed by atoms with Gasteiger partial charge in [0, 0.05) is 12.5 Å². The highest BCUT2D eigenvalue weighted by atomic mass is 16.6. The molecule has 0 aliphatic carbocycles. The molecule has 2 atom stereocenters. The number of amides is 2. The molecule has 0 aliphatic heterocycles. The van der Waals surface area contributed by atoms with Gasteiger partial charge in [-0.1, -0.05) is 20.8 Å². The van der Waals surface area contributed by atoms with Gasteiger partial charge in [0.2, 0.25) is 0 Å². The first-order valence-electron chi connectivity index (χ1n) is 11.2. The summed E-state index contributed by atoms with van der Waals surface area (Å²) in [7, 11) is 0. The lowest BCUT2D eigenvalue weighted by Gasteiger charge is -2.32. The average Bonchev–Trinajstić information content (AvgIpc) is 2.53. The summed E-state index contributed by atoms with van der Waals surface area (Å²) >= 11 is 0. The second-order valence-corrected chi connectivity index (χ2v) is 11.0. The Bertz CT molecular complexity index is 585. The Morgan fingerprint density at radius 2 is 1.35 bits per heavy atom. The molecule has 8 heteroatoms. The Morgan fingerprint density at radius 3 is 1.81 bits per heavy atom. The van der Waals surface area contributed by atoms with Gasteiger partial charge < -0.3 is 25.8 Å². The molecule has 0 saturated carbocycles. The van der Waals surface area contributed by atoms with Crippen LogP contribution in [0.15, 0.2) is 0 Å². The third kappa shape index (κ3) is 14.7. The van der Waals surface area contributed by atoms with E-state index in [4.69, 9.17) is 15.2 Å². The van der Waals surface area contributed by atoms with Crippen molar-refractivity contribution in [1.82, 2.24) is 10.6 Å². The first-order valence-corrected chi connectivity index (χ1v) is 11.2. The number of nitrogens with one attached hydrogen (secondary N) is 2. The van der Waals surface area contributed by atoms with E-state index < -0.39 is 29.2 Å². The van der Waals surface area contributed by atoms with Crippen molar-refractivity contribution in [3.63, 3.8) is 0 Å². The number of urea groups is 1.